The van der Waals surface area contributed by atoms with Crippen molar-refractivity contribution in [2.75, 3.05) is 0 Å². The fraction of sp³-hybridized carbons (Fsp3) is 0.158. The summed E-state index contributed by atoms with van der Waals surface area (Å²) < 4.78 is 1.59. The maximum atomic E-state index is 9.00. The SMILES string of the molecule is Cc1nn(-c2ccccc2)c(N=[N+]=[N-])c1C=N[C@@H](C)c1ccccc1N=[N+]=[N-]. The van der Waals surface area contributed by atoms with Crippen molar-refractivity contribution in [1.29, 1.82) is 0 Å². The van der Waals surface area contributed by atoms with Gasteiger partial charge in [0.15, 0.2) is 0 Å². The van der Waals surface area contributed by atoms with Gasteiger partial charge >= 0.3 is 0 Å². The third-order valence-corrected chi connectivity index (χ3v) is 4.19. The van der Waals surface area contributed by atoms with Crippen molar-refractivity contribution in [2.45, 2.75) is 19.9 Å². The lowest BCUT2D eigenvalue weighted by Gasteiger charge is -2.09. The van der Waals surface area contributed by atoms with E-state index in [0.29, 0.717) is 22.8 Å². The van der Waals surface area contributed by atoms with E-state index >= 15 is 0 Å². The van der Waals surface area contributed by atoms with Crippen molar-refractivity contribution in [3.8, 4) is 5.69 Å². The molecule has 3 rings (SSSR count). The highest BCUT2D eigenvalue weighted by atomic mass is 15.4. The molecule has 3 aromatic rings. The van der Waals surface area contributed by atoms with E-state index < -0.39 is 0 Å². The summed E-state index contributed by atoms with van der Waals surface area (Å²) >= 11 is 0. The van der Waals surface area contributed by atoms with Gasteiger partial charge in [0, 0.05) is 27.3 Å². The standard InChI is InChI=1S/C19H17N9/c1-13(16-10-6-7-11-18(16)23-26-20)22-12-17-14(2)25-28(19(17)24-27-21)15-8-4-3-5-9-15/h3-13H,1-2H3/t13-/m0/s1. The van der Waals surface area contributed by atoms with Gasteiger partial charge in [0.05, 0.1) is 17.4 Å². The molecule has 0 fully saturated rings. The van der Waals surface area contributed by atoms with Gasteiger partial charge in [-0.15, -0.1) is 0 Å². The third-order valence-electron chi connectivity index (χ3n) is 4.19. The minimum atomic E-state index is -0.264. The first kappa shape index (κ1) is 18.7. The van der Waals surface area contributed by atoms with Crippen LogP contribution in [0.2, 0.25) is 0 Å². The molecule has 0 amide bonds. The molecule has 28 heavy (non-hydrogen) atoms. The molecule has 0 spiro atoms. The van der Waals surface area contributed by atoms with Gasteiger partial charge < -0.3 is 0 Å². The zero-order chi connectivity index (χ0) is 19.9. The van der Waals surface area contributed by atoms with Gasteiger partial charge in [-0.2, -0.15) is 5.10 Å². The lowest BCUT2D eigenvalue weighted by molar-refractivity contribution is 0.825. The molecular weight excluding hydrogens is 354 g/mol. The largest absolute Gasteiger partial charge is 0.285 e. The predicted octanol–water partition coefficient (Wildman–Crippen LogP) is 6.24. The Kier molecular flexibility index (Phi) is 5.72. The van der Waals surface area contributed by atoms with Crippen LogP contribution in [0.4, 0.5) is 11.5 Å². The van der Waals surface area contributed by atoms with E-state index in [1.54, 1.807) is 23.0 Å². The molecule has 1 atom stereocenters. The second kappa shape index (κ2) is 8.55. The summed E-state index contributed by atoms with van der Waals surface area (Å²) in [6.07, 6.45) is 1.64. The topological polar surface area (TPSA) is 128 Å². The molecule has 0 saturated heterocycles. The summed E-state index contributed by atoms with van der Waals surface area (Å²) in [4.78, 5) is 10.4. The van der Waals surface area contributed by atoms with Gasteiger partial charge in [-0.3, -0.25) is 4.99 Å². The fourth-order valence-electron chi connectivity index (χ4n) is 2.81. The summed E-state index contributed by atoms with van der Waals surface area (Å²) in [5, 5.41) is 12.0. The Labute approximate surface area is 161 Å². The Morgan fingerprint density at radius 3 is 2.39 bits per heavy atom. The van der Waals surface area contributed by atoms with E-state index in [-0.39, 0.29) is 6.04 Å². The summed E-state index contributed by atoms with van der Waals surface area (Å²) in [6.45, 7) is 3.72. The number of aryl methyl sites for hydroxylation is 1. The highest BCUT2D eigenvalue weighted by Gasteiger charge is 2.15. The van der Waals surface area contributed by atoms with Gasteiger partial charge in [0.25, 0.3) is 0 Å². The van der Waals surface area contributed by atoms with Crippen molar-refractivity contribution in [1.82, 2.24) is 9.78 Å². The summed E-state index contributed by atoms with van der Waals surface area (Å²) in [6, 6.07) is 16.4. The molecule has 0 unspecified atom stereocenters. The number of para-hydroxylation sites is 1. The first-order valence-electron chi connectivity index (χ1n) is 8.53. The van der Waals surface area contributed by atoms with Crippen LogP contribution in [0.1, 0.15) is 29.8 Å². The van der Waals surface area contributed by atoms with E-state index in [2.05, 4.69) is 30.1 Å². The van der Waals surface area contributed by atoms with Crippen LogP contribution < -0.4 is 0 Å². The molecule has 0 bridgehead atoms. The highest BCUT2D eigenvalue weighted by Crippen LogP contribution is 2.29. The molecule has 138 valence electrons. The minimum absolute atomic E-state index is 0.264. The minimum Gasteiger partial charge on any atom is -0.285 e. The van der Waals surface area contributed by atoms with E-state index in [0.717, 1.165) is 11.3 Å². The zero-order valence-corrected chi connectivity index (χ0v) is 15.4. The van der Waals surface area contributed by atoms with Gasteiger partial charge in [0.1, 0.15) is 5.82 Å². The lowest BCUT2D eigenvalue weighted by atomic mass is 10.1. The van der Waals surface area contributed by atoms with Gasteiger partial charge in [0.2, 0.25) is 0 Å². The number of hydrogen-bond donors (Lipinski definition) is 0. The average Bonchev–Trinajstić information content (AvgIpc) is 3.03. The first-order valence-corrected chi connectivity index (χ1v) is 8.53. The average molecular weight is 371 g/mol. The maximum Gasteiger partial charge on any atom is 0.139 e. The van der Waals surface area contributed by atoms with Crippen molar-refractivity contribution in [2.24, 2.45) is 15.2 Å². The predicted molar refractivity (Wildman–Crippen MR) is 108 cm³/mol. The van der Waals surface area contributed by atoms with Crippen LogP contribution in [0.15, 0.2) is 69.8 Å². The van der Waals surface area contributed by atoms with Gasteiger partial charge in [-0.05, 0) is 47.7 Å². The number of benzene rings is 2. The van der Waals surface area contributed by atoms with E-state index in [1.165, 1.54) is 0 Å². The smallest absolute Gasteiger partial charge is 0.139 e. The van der Waals surface area contributed by atoms with Crippen LogP contribution in [0, 0.1) is 6.92 Å². The molecule has 0 saturated carbocycles. The van der Waals surface area contributed by atoms with Crippen molar-refractivity contribution < 1.29 is 0 Å². The van der Waals surface area contributed by atoms with E-state index in [9.17, 15) is 0 Å². The first-order chi connectivity index (χ1) is 13.7. The number of aliphatic imine (C=N–C) groups is 1. The Bertz CT molecular complexity index is 1100. The third kappa shape index (κ3) is 3.86. The van der Waals surface area contributed by atoms with Crippen LogP contribution in [0.25, 0.3) is 26.6 Å². The van der Waals surface area contributed by atoms with Gasteiger partial charge in [-0.1, -0.05) is 47.6 Å². The van der Waals surface area contributed by atoms with Crippen LogP contribution in [-0.2, 0) is 0 Å². The van der Waals surface area contributed by atoms with Crippen LogP contribution >= 0.6 is 0 Å². The second-order valence-corrected chi connectivity index (χ2v) is 5.96. The molecule has 9 nitrogen and oxygen atoms in total. The van der Waals surface area contributed by atoms with E-state index in [1.807, 2.05) is 56.3 Å². The summed E-state index contributed by atoms with van der Waals surface area (Å²) in [7, 11) is 0. The molecule has 0 aliphatic rings. The van der Waals surface area contributed by atoms with Crippen LogP contribution in [-0.4, -0.2) is 16.0 Å². The molecule has 2 aromatic carbocycles. The quantitative estimate of drug-likeness (QED) is 0.216. The Balaban J connectivity index is 2.02. The number of nitrogens with zero attached hydrogens (tertiary/aromatic N) is 9. The maximum absolute atomic E-state index is 9.00. The van der Waals surface area contributed by atoms with Crippen molar-refractivity contribution in [3.05, 3.63) is 92.3 Å². The van der Waals surface area contributed by atoms with E-state index in [4.69, 9.17) is 11.1 Å². The normalized spacial score (nSPS) is 11.6. The Morgan fingerprint density at radius 2 is 1.68 bits per heavy atom. The Hall–Kier alpha value is -4.06. The number of aromatic nitrogens is 2. The molecule has 0 N–H and O–H groups in total. The molecule has 0 aliphatic heterocycles. The monoisotopic (exact) mass is 371 g/mol. The number of azide groups is 2. The van der Waals surface area contributed by atoms with Crippen LogP contribution in [0.5, 0.6) is 0 Å². The van der Waals surface area contributed by atoms with Gasteiger partial charge in [-0.25, -0.2) is 4.68 Å². The number of rotatable bonds is 6. The lowest BCUT2D eigenvalue weighted by Crippen LogP contribution is -1.95. The number of hydrogen-bond acceptors (Lipinski definition) is 4. The van der Waals surface area contributed by atoms with Crippen molar-refractivity contribution >= 4 is 17.7 Å². The summed E-state index contributed by atoms with van der Waals surface area (Å²) in [5.41, 5.74) is 21.2. The molecule has 1 aromatic heterocycles. The molecule has 0 radical (unpaired) electrons. The molecular formula is C19H17N9. The zero-order valence-electron chi connectivity index (χ0n) is 15.4. The molecule has 1 heterocycles. The highest BCUT2D eigenvalue weighted by molar-refractivity contribution is 5.87. The Morgan fingerprint density at radius 1 is 1.00 bits per heavy atom. The molecule has 9 heteroatoms. The van der Waals surface area contributed by atoms with Crippen molar-refractivity contribution in [3.63, 3.8) is 0 Å². The summed E-state index contributed by atoms with van der Waals surface area (Å²) in [5.74, 6) is 0.366. The second-order valence-electron chi connectivity index (χ2n) is 5.96. The fourth-order valence-corrected chi connectivity index (χ4v) is 2.81. The molecule has 0 aliphatic carbocycles. The van der Waals surface area contributed by atoms with Crippen LogP contribution in [0.3, 0.4) is 0 Å².